The smallest absolute Gasteiger partial charge is 0.228 e. The van der Waals surface area contributed by atoms with Crippen LogP contribution in [-0.2, 0) is 4.79 Å². The lowest BCUT2D eigenvalue weighted by Gasteiger charge is -2.15. The molecule has 0 atom stereocenters. The number of hydrazine groups is 1. The molecule has 1 aromatic carbocycles. The molecule has 0 fully saturated rings. The van der Waals surface area contributed by atoms with E-state index in [4.69, 9.17) is 11.6 Å². The third kappa shape index (κ3) is 2.41. The van der Waals surface area contributed by atoms with E-state index in [9.17, 15) is 4.79 Å². The summed E-state index contributed by atoms with van der Waals surface area (Å²) in [5.74, 6) is 5.41. The highest BCUT2D eigenvalue weighted by Gasteiger charge is 2.05. The number of anilines is 2. The fourth-order valence-corrected chi connectivity index (χ4v) is 1.10. The van der Waals surface area contributed by atoms with Crippen LogP contribution in [0.5, 0.6) is 0 Å². The van der Waals surface area contributed by atoms with Gasteiger partial charge in [0.2, 0.25) is 6.41 Å². The summed E-state index contributed by atoms with van der Waals surface area (Å²) in [6.07, 6.45) is 0.500. The monoisotopic (exact) mass is 210 g/mol. The second-order valence-corrected chi connectivity index (χ2v) is 2.96. The van der Waals surface area contributed by atoms with Gasteiger partial charge in [-0.25, -0.2) is 10.9 Å². The van der Waals surface area contributed by atoms with Crippen molar-refractivity contribution in [3.8, 4) is 0 Å². The van der Waals surface area contributed by atoms with Crippen molar-refractivity contribution in [2.75, 3.05) is 10.3 Å². The van der Waals surface area contributed by atoms with Gasteiger partial charge < -0.3 is 11.1 Å². The van der Waals surface area contributed by atoms with Gasteiger partial charge >= 0.3 is 0 Å². The first-order valence-corrected chi connectivity index (χ1v) is 4.20. The number of nitrogens with two attached hydrogens (primary N) is 2. The third-order valence-corrected chi connectivity index (χ3v) is 1.66. The van der Waals surface area contributed by atoms with Crippen LogP contribution in [0.3, 0.4) is 0 Å². The SMILES string of the molecule is NC(=S)Nc1ccccc1N(N)C=O. The lowest BCUT2D eigenvalue weighted by molar-refractivity contribution is -0.107. The lowest BCUT2D eigenvalue weighted by atomic mass is 10.2. The molecule has 1 amide bonds. The second kappa shape index (κ2) is 4.54. The Labute approximate surface area is 86.6 Å². The third-order valence-electron chi connectivity index (χ3n) is 1.55. The Kier molecular flexibility index (Phi) is 3.38. The van der Waals surface area contributed by atoms with Gasteiger partial charge in [-0.2, -0.15) is 0 Å². The van der Waals surface area contributed by atoms with Gasteiger partial charge in [-0.05, 0) is 24.4 Å². The highest BCUT2D eigenvalue weighted by atomic mass is 32.1. The van der Waals surface area contributed by atoms with E-state index in [1.165, 1.54) is 0 Å². The Bertz CT molecular complexity index is 355. The molecule has 1 rings (SSSR count). The average molecular weight is 210 g/mol. The molecule has 0 aromatic heterocycles. The standard InChI is InChI=1S/C8H10N4OS/c9-8(14)11-6-3-1-2-4-7(6)12(10)5-13/h1-5H,10H2,(H3,9,11,14). The van der Waals surface area contributed by atoms with Crippen molar-refractivity contribution in [2.24, 2.45) is 11.6 Å². The summed E-state index contributed by atoms with van der Waals surface area (Å²) in [5.41, 5.74) is 6.41. The van der Waals surface area contributed by atoms with Gasteiger partial charge in [0.1, 0.15) is 0 Å². The highest BCUT2D eigenvalue weighted by Crippen LogP contribution is 2.22. The van der Waals surface area contributed by atoms with E-state index in [1.54, 1.807) is 24.3 Å². The number of nitrogens with zero attached hydrogens (tertiary/aromatic N) is 1. The van der Waals surface area contributed by atoms with E-state index in [0.717, 1.165) is 5.01 Å². The summed E-state index contributed by atoms with van der Waals surface area (Å²) >= 11 is 4.68. The number of carbonyl (C=O) groups is 1. The first-order valence-electron chi connectivity index (χ1n) is 3.80. The zero-order chi connectivity index (χ0) is 10.6. The molecule has 74 valence electrons. The summed E-state index contributed by atoms with van der Waals surface area (Å²) in [5, 5.41) is 3.78. The van der Waals surface area contributed by atoms with Gasteiger partial charge in [0.25, 0.3) is 0 Å². The fraction of sp³-hybridized carbons (Fsp3) is 0. The number of thiocarbonyl (C=S) groups is 1. The largest absolute Gasteiger partial charge is 0.376 e. The Morgan fingerprint density at radius 3 is 2.71 bits per heavy atom. The van der Waals surface area contributed by atoms with Gasteiger partial charge in [0, 0.05) is 0 Å². The molecule has 0 aliphatic rings. The van der Waals surface area contributed by atoms with Gasteiger partial charge in [-0.1, -0.05) is 12.1 Å². The van der Waals surface area contributed by atoms with E-state index >= 15 is 0 Å². The molecule has 14 heavy (non-hydrogen) atoms. The van der Waals surface area contributed by atoms with Crippen molar-refractivity contribution < 1.29 is 4.79 Å². The molecular weight excluding hydrogens is 200 g/mol. The lowest BCUT2D eigenvalue weighted by Crippen LogP contribution is -2.30. The zero-order valence-corrected chi connectivity index (χ0v) is 8.12. The molecule has 0 saturated heterocycles. The van der Waals surface area contributed by atoms with Crippen LogP contribution >= 0.6 is 12.2 Å². The number of carbonyl (C=O) groups excluding carboxylic acids is 1. The number of hydrogen-bond donors (Lipinski definition) is 3. The van der Waals surface area contributed by atoms with Crippen LogP contribution in [0.15, 0.2) is 24.3 Å². The summed E-state index contributed by atoms with van der Waals surface area (Å²) in [7, 11) is 0. The van der Waals surface area contributed by atoms with Crippen LogP contribution in [-0.4, -0.2) is 11.5 Å². The van der Waals surface area contributed by atoms with Crippen LogP contribution in [0.2, 0.25) is 0 Å². The molecule has 5 nitrogen and oxygen atoms in total. The quantitative estimate of drug-likeness (QED) is 0.218. The summed E-state index contributed by atoms with van der Waals surface area (Å²) in [4.78, 5) is 10.5. The number of hydrogen-bond acceptors (Lipinski definition) is 3. The average Bonchev–Trinajstić information content (AvgIpc) is 2.16. The van der Waals surface area contributed by atoms with Crippen molar-refractivity contribution in [1.29, 1.82) is 0 Å². The first kappa shape index (κ1) is 10.4. The molecule has 0 spiro atoms. The molecule has 0 heterocycles. The van der Waals surface area contributed by atoms with Gasteiger partial charge in [0.15, 0.2) is 5.11 Å². The number of rotatable bonds is 3. The Morgan fingerprint density at radius 1 is 1.50 bits per heavy atom. The molecule has 5 N–H and O–H groups in total. The first-order chi connectivity index (χ1) is 6.65. The number of amides is 1. The van der Waals surface area contributed by atoms with E-state index in [-0.39, 0.29) is 5.11 Å². The van der Waals surface area contributed by atoms with E-state index < -0.39 is 0 Å². The van der Waals surface area contributed by atoms with Crippen LogP contribution < -0.4 is 21.9 Å². The van der Waals surface area contributed by atoms with Crippen molar-refractivity contribution in [3.63, 3.8) is 0 Å². The van der Waals surface area contributed by atoms with Crippen molar-refractivity contribution in [2.45, 2.75) is 0 Å². The van der Waals surface area contributed by atoms with Crippen LogP contribution in [0, 0.1) is 0 Å². The minimum Gasteiger partial charge on any atom is -0.376 e. The Balaban J connectivity index is 3.02. The summed E-state index contributed by atoms with van der Waals surface area (Å²) in [6, 6.07) is 6.93. The molecule has 0 aliphatic carbocycles. The normalized spacial score (nSPS) is 9.21. The van der Waals surface area contributed by atoms with Crippen LogP contribution in [0.25, 0.3) is 0 Å². The number of benzene rings is 1. The molecule has 0 unspecified atom stereocenters. The zero-order valence-electron chi connectivity index (χ0n) is 7.31. The minimum absolute atomic E-state index is 0.122. The summed E-state index contributed by atoms with van der Waals surface area (Å²) < 4.78 is 0. The van der Waals surface area contributed by atoms with Crippen LogP contribution in [0.4, 0.5) is 11.4 Å². The maximum absolute atomic E-state index is 10.5. The number of nitrogens with one attached hydrogen (secondary N) is 1. The van der Waals surface area contributed by atoms with Crippen molar-refractivity contribution in [3.05, 3.63) is 24.3 Å². The number of para-hydroxylation sites is 2. The fourth-order valence-electron chi connectivity index (χ4n) is 0.994. The summed E-state index contributed by atoms with van der Waals surface area (Å²) in [6.45, 7) is 0. The van der Waals surface area contributed by atoms with Gasteiger partial charge in [-0.3, -0.25) is 4.79 Å². The van der Waals surface area contributed by atoms with Crippen molar-refractivity contribution >= 4 is 35.1 Å². The molecule has 0 bridgehead atoms. The highest BCUT2D eigenvalue weighted by molar-refractivity contribution is 7.80. The molecule has 6 heteroatoms. The topological polar surface area (TPSA) is 84.4 Å². The molecule has 1 aromatic rings. The van der Waals surface area contributed by atoms with Gasteiger partial charge in [-0.15, -0.1) is 0 Å². The maximum atomic E-state index is 10.5. The predicted octanol–water partition coefficient (Wildman–Crippen LogP) is 0.179. The Hall–Kier alpha value is -1.66. The maximum Gasteiger partial charge on any atom is 0.228 e. The van der Waals surface area contributed by atoms with Gasteiger partial charge in [0.05, 0.1) is 11.4 Å². The van der Waals surface area contributed by atoms with Crippen LogP contribution in [0.1, 0.15) is 0 Å². The predicted molar refractivity (Wildman–Crippen MR) is 59.6 cm³/mol. The Morgan fingerprint density at radius 2 is 2.14 bits per heavy atom. The van der Waals surface area contributed by atoms with E-state index in [1.807, 2.05) is 0 Å². The molecule has 0 radical (unpaired) electrons. The second-order valence-electron chi connectivity index (χ2n) is 2.52. The molecule has 0 saturated carbocycles. The van der Waals surface area contributed by atoms with E-state index in [2.05, 4.69) is 17.5 Å². The van der Waals surface area contributed by atoms with E-state index in [0.29, 0.717) is 17.8 Å². The molecular formula is C8H10N4OS. The van der Waals surface area contributed by atoms with Crippen molar-refractivity contribution in [1.82, 2.24) is 0 Å². The minimum atomic E-state index is 0.122. The molecule has 0 aliphatic heterocycles.